The quantitative estimate of drug-likeness (QED) is 0.461. The first-order chi connectivity index (χ1) is 15.4. The van der Waals surface area contributed by atoms with Gasteiger partial charge in [-0.2, -0.15) is 0 Å². The van der Waals surface area contributed by atoms with Gasteiger partial charge in [0, 0.05) is 24.4 Å². The molecule has 3 N–H and O–H groups in total. The minimum absolute atomic E-state index is 0.0801. The lowest BCUT2D eigenvalue weighted by Gasteiger charge is -2.06. The number of imidazole rings is 2. The number of H-pyrrole nitrogens is 1. The molecule has 0 aliphatic rings. The number of primary amides is 1. The van der Waals surface area contributed by atoms with Gasteiger partial charge >= 0.3 is 5.69 Å². The van der Waals surface area contributed by atoms with E-state index in [1.165, 1.54) is 0 Å². The Kier molecular flexibility index (Phi) is 4.48. The van der Waals surface area contributed by atoms with Gasteiger partial charge in [-0.15, -0.1) is 0 Å². The molecule has 0 saturated carbocycles. The Balaban J connectivity index is 1.74. The number of pyridine rings is 1. The zero-order valence-electron chi connectivity index (χ0n) is 17.5. The highest BCUT2D eigenvalue weighted by Crippen LogP contribution is 2.32. The maximum Gasteiger partial charge on any atom is 0.334 e. The molecule has 2 aromatic carbocycles. The van der Waals surface area contributed by atoms with Gasteiger partial charge in [0.15, 0.2) is 5.82 Å². The topological polar surface area (TPSA) is 112 Å². The second kappa shape index (κ2) is 7.35. The van der Waals surface area contributed by atoms with Crippen LogP contribution in [0.5, 0.6) is 0 Å². The lowest BCUT2D eigenvalue weighted by molar-refractivity contribution is 0.0991. The van der Waals surface area contributed by atoms with Crippen molar-refractivity contribution in [3.8, 4) is 28.3 Å². The van der Waals surface area contributed by atoms with Crippen LogP contribution >= 0.6 is 0 Å². The third-order valence-corrected chi connectivity index (χ3v) is 5.45. The molecular formula is C24H20N6O2. The van der Waals surface area contributed by atoms with Crippen LogP contribution in [0.3, 0.4) is 0 Å². The zero-order chi connectivity index (χ0) is 22.4. The average Bonchev–Trinajstić information content (AvgIpc) is 3.35. The zero-order valence-corrected chi connectivity index (χ0v) is 17.5. The molecule has 0 unspecified atom stereocenters. The Bertz CT molecular complexity index is 1540. The first-order valence-corrected chi connectivity index (χ1v) is 10.0. The molecule has 1 amide bonds. The second-order valence-corrected chi connectivity index (χ2v) is 7.61. The van der Waals surface area contributed by atoms with Gasteiger partial charge in [0.1, 0.15) is 5.82 Å². The van der Waals surface area contributed by atoms with Crippen LogP contribution in [0.1, 0.15) is 16.2 Å². The number of nitrogens with one attached hydrogen (secondary N) is 1. The van der Waals surface area contributed by atoms with E-state index in [1.54, 1.807) is 34.5 Å². The first kappa shape index (κ1) is 19.5. The van der Waals surface area contributed by atoms with Crippen molar-refractivity contribution in [2.45, 2.75) is 6.92 Å². The fraction of sp³-hybridized carbons (Fsp3) is 0.0833. The van der Waals surface area contributed by atoms with Gasteiger partial charge in [0.2, 0.25) is 0 Å². The number of nitrogens with zero attached hydrogens (tertiary/aromatic N) is 4. The van der Waals surface area contributed by atoms with Crippen LogP contribution in [0.15, 0.2) is 71.7 Å². The van der Waals surface area contributed by atoms with Gasteiger partial charge in [0.05, 0.1) is 22.4 Å². The van der Waals surface area contributed by atoms with Gasteiger partial charge in [-0.3, -0.25) is 9.36 Å². The molecule has 0 aliphatic carbocycles. The lowest BCUT2D eigenvalue weighted by Crippen LogP contribution is -2.21. The van der Waals surface area contributed by atoms with Gasteiger partial charge in [0.25, 0.3) is 5.91 Å². The van der Waals surface area contributed by atoms with Crippen LogP contribution in [0.2, 0.25) is 0 Å². The van der Waals surface area contributed by atoms with E-state index in [9.17, 15) is 9.59 Å². The number of carbonyl (C=O) groups is 1. The molecule has 32 heavy (non-hydrogen) atoms. The molecule has 8 heteroatoms. The van der Waals surface area contributed by atoms with Gasteiger partial charge in [-0.05, 0) is 37.3 Å². The number of benzene rings is 2. The number of fused-ring (bicyclic) bond motifs is 1. The molecule has 8 nitrogen and oxygen atoms in total. The number of amides is 1. The summed E-state index contributed by atoms with van der Waals surface area (Å²) in [5.41, 5.74) is 10.7. The number of aryl methyl sites for hydroxylation is 2. The van der Waals surface area contributed by atoms with Crippen molar-refractivity contribution in [3.63, 3.8) is 0 Å². The minimum Gasteiger partial charge on any atom is -0.363 e. The predicted octanol–water partition coefficient (Wildman–Crippen LogP) is 3.19. The van der Waals surface area contributed by atoms with E-state index in [2.05, 4.69) is 15.0 Å². The number of aromatic nitrogens is 5. The molecule has 3 aromatic heterocycles. The van der Waals surface area contributed by atoms with E-state index in [4.69, 9.17) is 5.73 Å². The van der Waals surface area contributed by atoms with Crippen LogP contribution in [-0.4, -0.2) is 30.0 Å². The number of hydrogen-bond acceptors (Lipinski definition) is 4. The molecule has 0 bridgehead atoms. The summed E-state index contributed by atoms with van der Waals surface area (Å²) in [6, 6.07) is 18.9. The van der Waals surface area contributed by atoms with Crippen molar-refractivity contribution in [1.29, 1.82) is 0 Å². The molecule has 0 radical (unpaired) electrons. The average molecular weight is 424 g/mol. The highest BCUT2D eigenvalue weighted by molar-refractivity contribution is 5.93. The summed E-state index contributed by atoms with van der Waals surface area (Å²) in [4.78, 5) is 36.6. The summed E-state index contributed by atoms with van der Waals surface area (Å²) in [6.45, 7) is 1.99. The number of aromatic amines is 1. The van der Waals surface area contributed by atoms with Crippen molar-refractivity contribution in [2.24, 2.45) is 12.8 Å². The number of carbonyl (C=O) groups excluding carboxylic acids is 1. The monoisotopic (exact) mass is 424 g/mol. The fourth-order valence-corrected chi connectivity index (χ4v) is 3.90. The summed E-state index contributed by atoms with van der Waals surface area (Å²) in [5, 5.41) is 0. The summed E-state index contributed by atoms with van der Waals surface area (Å²) in [5.74, 6) is -0.00895. The SMILES string of the molecule is Cc1cccc(-c2nc(C(N)=O)[nH]c2-c2ccc3c(c2)n(C)c(=O)n3-c2ccccn2)c1. The van der Waals surface area contributed by atoms with Crippen molar-refractivity contribution in [3.05, 3.63) is 88.7 Å². The maximum absolute atomic E-state index is 13.0. The van der Waals surface area contributed by atoms with Crippen LogP contribution in [0.25, 0.3) is 39.4 Å². The van der Waals surface area contributed by atoms with E-state index in [1.807, 2.05) is 55.5 Å². The molecule has 5 rings (SSSR count). The van der Waals surface area contributed by atoms with E-state index in [-0.39, 0.29) is 11.5 Å². The third kappa shape index (κ3) is 3.09. The Labute approximate surface area is 183 Å². The van der Waals surface area contributed by atoms with Crippen LogP contribution in [-0.2, 0) is 7.05 Å². The van der Waals surface area contributed by atoms with Crippen molar-refractivity contribution in [1.82, 2.24) is 24.1 Å². The Morgan fingerprint density at radius 2 is 1.84 bits per heavy atom. The summed E-state index contributed by atoms with van der Waals surface area (Å²) >= 11 is 0. The van der Waals surface area contributed by atoms with Gasteiger partial charge in [-0.25, -0.2) is 19.3 Å². The summed E-state index contributed by atoms with van der Waals surface area (Å²) < 4.78 is 3.15. The van der Waals surface area contributed by atoms with E-state index in [0.29, 0.717) is 17.2 Å². The second-order valence-electron chi connectivity index (χ2n) is 7.61. The van der Waals surface area contributed by atoms with Crippen LogP contribution in [0, 0.1) is 6.92 Å². The van der Waals surface area contributed by atoms with Crippen molar-refractivity contribution in [2.75, 3.05) is 0 Å². The van der Waals surface area contributed by atoms with E-state index in [0.717, 1.165) is 27.7 Å². The normalized spacial score (nSPS) is 11.2. The first-order valence-electron chi connectivity index (χ1n) is 10.0. The highest BCUT2D eigenvalue weighted by Gasteiger charge is 2.19. The number of nitrogens with two attached hydrogens (primary N) is 1. The Morgan fingerprint density at radius 1 is 1.00 bits per heavy atom. The molecule has 0 aliphatic heterocycles. The Hall–Kier alpha value is -4.46. The van der Waals surface area contributed by atoms with Gasteiger partial charge in [-0.1, -0.05) is 35.9 Å². The molecule has 158 valence electrons. The maximum atomic E-state index is 13.0. The molecular weight excluding hydrogens is 404 g/mol. The lowest BCUT2D eigenvalue weighted by atomic mass is 10.0. The Morgan fingerprint density at radius 3 is 2.56 bits per heavy atom. The predicted molar refractivity (Wildman–Crippen MR) is 123 cm³/mol. The number of hydrogen-bond donors (Lipinski definition) is 2. The third-order valence-electron chi connectivity index (χ3n) is 5.45. The van der Waals surface area contributed by atoms with Crippen molar-refractivity contribution < 1.29 is 4.79 Å². The van der Waals surface area contributed by atoms with Crippen LogP contribution in [0.4, 0.5) is 0 Å². The van der Waals surface area contributed by atoms with Crippen molar-refractivity contribution >= 4 is 16.9 Å². The largest absolute Gasteiger partial charge is 0.363 e. The van der Waals surface area contributed by atoms with Crippen LogP contribution < -0.4 is 11.4 Å². The standard InChI is InChI=1S/C24H20N6O2/c1-14-6-5-7-15(12-14)20-21(28-23(27-20)22(25)31)16-9-10-17-18(13-16)29(2)24(32)30(17)19-8-3-4-11-26-19/h3-13H,1-2H3,(H2,25,31)(H,27,28). The molecule has 0 fully saturated rings. The molecule has 0 saturated heterocycles. The summed E-state index contributed by atoms with van der Waals surface area (Å²) in [7, 11) is 1.72. The van der Waals surface area contributed by atoms with E-state index >= 15 is 0 Å². The molecule has 3 heterocycles. The molecule has 5 aromatic rings. The number of rotatable bonds is 4. The fourth-order valence-electron chi connectivity index (χ4n) is 3.90. The smallest absolute Gasteiger partial charge is 0.334 e. The van der Waals surface area contributed by atoms with Gasteiger partial charge < -0.3 is 10.7 Å². The molecule has 0 atom stereocenters. The molecule has 0 spiro atoms. The highest BCUT2D eigenvalue weighted by atomic mass is 16.2. The minimum atomic E-state index is -0.639. The summed E-state index contributed by atoms with van der Waals surface area (Å²) in [6.07, 6.45) is 1.65. The van der Waals surface area contributed by atoms with E-state index < -0.39 is 5.91 Å².